The van der Waals surface area contributed by atoms with E-state index < -0.39 is 29.7 Å². The number of hydrogen-bond donors (Lipinski definition) is 2. The van der Waals surface area contributed by atoms with Crippen LogP contribution in [0.25, 0.3) is 0 Å². The van der Waals surface area contributed by atoms with E-state index in [1.807, 2.05) is 0 Å². The van der Waals surface area contributed by atoms with Crippen LogP contribution in [0.1, 0.15) is 18.4 Å². The van der Waals surface area contributed by atoms with Crippen LogP contribution in [-0.4, -0.2) is 34.6 Å². The number of rotatable bonds is 3. The summed E-state index contributed by atoms with van der Waals surface area (Å²) in [6, 6.07) is 1.67. The van der Waals surface area contributed by atoms with E-state index >= 15 is 0 Å². The number of carboxylic acids is 1. The summed E-state index contributed by atoms with van der Waals surface area (Å²) in [6.07, 6.45) is 1.03. The minimum atomic E-state index is -1.05. The molecule has 0 aliphatic carbocycles. The Morgan fingerprint density at radius 3 is 2.80 bits per heavy atom. The number of likely N-dealkylation sites (tertiary alicyclic amines) is 1. The fourth-order valence-electron chi connectivity index (χ4n) is 2.20. The first-order valence-corrected chi connectivity index (χ1v) is 6.20. The van der Waals surface area contributed by atoms with E-state index in [1.54, 1.807) is 0 Å². The summed E-state index contributed by atoms with van der Waals surface area (Å²) in [4.78, 5) is 24.0. The molecule has 5 nitrogen and oxygen atoms in total. The molecule has 1 aliphatic heterocycles. The number of amides is 2. The van der Waals surface area contributed by atoms with Gasteiger partial charge < -0.3 is 15.3 Å². The summed E-state index contributed by atoms with van der Waals surface area (Å²) in [5, 5.41) is 11.4. The molecule has 1 heterocycles. The van der Waals surface area contributed by atoms with Crippen LogP contribution >= 0.6 is 0 Å². The smallest absolute Gasteiger partial charge is 0.326 e. The number of hydrogen-bond acceptors (Lipinski definition) is 2. The van der Waals surface area contributed by atoms with Crippen LogP contribution in [0.2, 0.25) is 0 Å². The summed E-state index contributed by atoms with van der Waals surface area (Å²) in [5.41, 5.74) is 0.144. The van der Waals surface area contributed by atoms with Gasteiger partial charge in [0, 0.05) is 24.7 Å². The highest BCUT2D eigenvalue weighted by Crippen LogP contribution is 2.17. The zero-order valence-electron chi connectivity index (χ0n) is 10.6. The number of aliphatic carboxylic acids is 1. The first-order chi connectivity index (χ1) is 9.49. The molecule has 1 aromatic carbocycles. The first-order valence-electron chi connectivity index (χ1n) is 6.20. The van der Waals surface area contributed by atoms with Crippen LogP contribution in [0, 0.1) is 11.6 Å². The molecule has 7 heteroatoms. The standard InChI is InChI=1S/C13H14F2N2O3/c14-9-4-3-8(10(15)6-9)7-16-13(20)17-5-1-2-11(17)12(18)19/h3-4,6,11H,1-2,5,7H2,(H,16,20)(H,18,19). The summed E-state index contributed by atoms with van der Waals surface area (Å²) in [6.45, 7) is 0.239. The van der Waals surface area contributed by atoms with Gasteiger partial charge in [-0.2, -0.15) is 0 Å². The predicted molar refractivity (Wildman–Crippen MR) is 66.0 cm³/mol. The highest BCUT2D eigenvalue weighted by atomic mass is 19.1. The van der Waals surface area contributed by atoms with Gasteiger partial charge in [0.05, 0.1) is 0 Å². The van der Waals surface area contributed by atoms with E-state index in [0.717, 1.165) is 12.1 Å². The van der Waals surface area contributed by atoms with Crippen molar-refractivity contribution in [3.8, 4) is 0 Å². The molecule has 2 rings (SSSR count). The number of carbonyl (C=O) groups is 2. The third kappa shape index (κ3) is 3.04. The Hall–Kier alpha value is -2.18. The SMILES string of the molecule is O=C(O)C1CCCN1C(=O)NCc1ccc(F)cc1F. The molecule has 0 radical (unpaired) electrons. The molecule has 0 bridgehead atoms. The Kier molecular flexibility index (Phi) is 4.16. The fourth-order valence-corrected chi connectivity index (χ4v) is 2.20. The second-order valence-corrected chi connectivity index (χ2v) is 4.58. The lowest BCUT2D eigenvalue weighted by molar-refractivity contribution is -0.141. The van der Waals surface area contributed by atoms with Gasteiger partial charge in [-0.1, -0.05) is 6.07 Å². The van der Waals surface area contributed by atoms with E-state index in [9.17, 15) is 18.4 Å². The Morgan fingerprint density at radius 1 is 1.40 bits per heavy atom. The van der Waals surface area contributed by atoms with Crippen molar-refractivity contribution in [1.29, 1.82) is 0 Å². The van der Waals surface area contributed by atoms with Gasteiger partial charge in [-0.25, -0.2) is 18.4 Å². The van der Waals surface area contributed by atoms with E-state index in [-0.39, 0.29) is 12.1 Å². The number of urea groups is 1. The average Bonchev–Trinajstić information content (AvgIpc) is 2.86. The highest BCUT2D eigenvalue weighted by Gasteiger charge is 2.33. The minimum Gasteiger partial charge on any atom is -0.480 e. The normalized spacial score (nSPS) is 18.1. The summed E-state index contributed by atoms with van der Waals surface area (Å²) in [5.74, 6) is -2.49. The molecule has 108 valence electrons. The molecule has 1 fully saturated rings. The lowest BCUT2D eigenvalue weighted by Crippen LogP contribution is -2.45. The second-order valence-electron chi connectivity index (χ2n) is 4.58. The third-order valence-corrected chi connectivity index (χ3v) is 3.24. The maximum atomic E-state index is 13.4. The molecule has 1 aliphatic rings. The number of benzene rings is 1. The molecular weight excluding hydrogens is 270 g/mol. The molecule has 0 spiro atoms. The minimum absolute atomic E-state index is 0.117. The topological polar surface area (TPSA) is 69.6 Å². The molecule has 1 unspecified atom stereocenters. The molecule has 1 saturated heterocycles. The maximum Gasteiger partial charge on any atom is 0.326 e. The molecular formula is C13H14F2N2O3. The number of nitrogens with one attached hydrogen (secondary N) is 1. The van der Waals surface area contributed by atoms with Crippen LogP contribution in [0.4, 0.5) is 13.6 Å². The van der Waals surface area contributed by atoms with Gasteiger partial charge in [0.1, 0.15) is 17.7 Å². The van der Waals surface area contributed by atoms with Gasteiger partial charge in [0.2, 0.25) is 0 Å². The van der Waals surface area contributed by atoms with Crippen molar-refractivity contribution < 1.29 is 23.5 Å². The number of nitrogens with zero attached hydrogens (tertiary/aromatic N) is 1. The lowest BCUT2D eigenvalue weighted by Gasteiger charge is -2.21. The fraction of sp³-hybridized carbons (Fsp3) is 0.385. The lowest BCUT2D eigenvalue weighted by atomic mass is 10.2. The molecule has 1 atom stereocenters. The van der Waals surface area contributed by atoms with Crippen LogP contribution in [0.3, 0.4) is 0 Å². The van der Waals surface area contributed by atoms with Crippen molar-refractivity contribution in [2.24, 2.45) is 0 Å². The Labute approximate surface area is 114 Å². The van der Waals surface area contributed by atoms with Crippen LogP contribution < -0.4 is 5.32 Å². The van der Waals surface area contributed by atoms with Crippen molar-refractivity contribution in [2.45, 2.75) is 25.4 Å². The number of carboxylic acid groups (broad SMARTS) is 1. The number of halogens is 2. The van der Waals surface area contributed by atoms with E-state index in [0.29, 0.717) is 19.4 Å². The Morgan fingerprint density at radius 2 is 2.15 bits per heavy atom. The van der Waals surface area contributed by atoms with Crippen molar-refractivity contribution in [3.05, 3.63) is 35.4 Å². The number of carbonyl (C=O) groups excluding carboxylic acids is 1. The van der Waals surface area contributed by atoms with Crippen molar-refractivity contribution in [1.82, 2.24) is 10.2 Å². The van der Waals surface area contributed by atoms with Crippen LogP contribution in [0.5, 0.6) is 0 Å². The molecule has 0 saturated carbocycles. The monoisotopic (exact) mass is 284 g/mol. The highest BCUT2D eigenvalue weighted by molar-refractivity contribution is 5.83. The van der Waals surface area contributed by atoms with Gasteiger partial charge in [-0.05, 0) is 18.9 Å². The van der Waals surface area contributed by atoms with Crippen molar-refractivity contribution in [3.63, 3.8) is 0 Å². The molecule has 1 aromatic rings. The van der Waals surface area contributed by atoms with Crippen LogP contribution in [0.15, 0.2) is 18.2 Å². The molecule has 20 heavy (non-hydrogen) atoms. The maximum absolute atomic E-state index is 13.4. The predicted octanol–water partition coefficient (Wildman–Crippen LogP) is 1.72. The Balaban J connectivity index is 1.96. The van der Waals surface area contributed by atoms with Gasteiger partial charge >= 0.3 is 12.0 Å². The van der Waals surface area contributed by atoms with Gasteiger partial charge in [0.15, 0.2) is 0 Å². The van der Waals surface area contributed by atoms with Gasteiger partial charge in [-0.15, -0.1) is 0 Å². The van der Waals surface area contributed by atoms with Crippen molar-refractivity contribution >= 4 is 12.0 Å². The van der Waals surface area contributed by atoms with Crippen LogP contribution in [-0.2, 0) is 11.3 Å². The molecule has 2 N–H and O–H groups in total. The van der Waals surface area contributed by atoms with E-state index in [4.69, 9.17) is 5.11 Å². The largest absolute Gasteiger partial charge is 0.480 e. The summed E-state index contributed by atoms with van der Waals surface area (Å²) in [7, 11) is 0. The second kappa shape index (κ2) is 5.85. The third-order valence-electron chi connectivity index (χ3n) is 3.24. The van der Waals surface area contributed by atoms with E-state index in [2.05, 4.69) is 5.32 Å². The quantitative estimate of drug-likeness (QED) is 0.888. The average molecular weight is 284 g/mol. The zero-order valence-corrected chi connectivity index (χ0v) is 10.6. The molecule has 0 aromatic heterocycles. The summed E-state index contributed by atoms with van der Waals surface area (Å²) >= 11 is 0. The summed E-state index contributed by atoms with van der Waals surface area (Å²) < 4.78 is 26.1. The Bertz CT molecular complexity index is 536. The molecule has 2 amide bonds. The van der Waals surface area contributed by atoms with E-state index in [1.165, 1.54) is 11.0 Å². The van der Waals surface area contributed by atoms with Crippen molar-refractivity contribution in [2.75, 3.05) is 6.54 Å². The van der Waals surface area contributed by atoms with Gasteiger partial charge in [-0.3, -0.25) is 0 Å². The van der Waals surface area contributed by atoms with Gasteiger partial charge in [0.25, 0.3) is 0 Å². The zero-order chi connectivity index (χ0) is 14.7. The first kappa shape index (κ1) is 14.2.